The van der Waals surface area contributed by atoms with Gasteiger partial charge < -0.3 is 14.7 Å². The fraction of sp³-hybridized carbons (Fsp3) is 0.684. The quantitative estimate of drug-likeness (QED) is 0.597. The molecule has 0 radical (unpaired) electrons. The number of piperidine rings is 1. The van der Waals surface area contributed by atoms with Crippen molar-refractivity contribution in [2.45, 2.75) is 46.1 Å². The van der Waals surface area contributed by atoms with Gasteiger partial charge in [-0.1, -0.05) is 13.8 Å². The van der Waals surface area contributed by atoms with Crippen LogP contribution in [0.4, 0.5) is 11.4 Å². The van der Waals surface area contributed by atoms with Gasteiger partial charge in [-0.3, -0.25) is 10.1 Å². The van der Waals surface area contributed by atoms with Crippen molar-refractivity contribution in [3.05, 3.63) is 28.3 Å². The molecule has 2 atom stereocenters. The van der Waals surface area contributed by atoms with Gasteiger partial charge in [-0.25, -0.2) is 0 Å². The Bertz CT molecular complexity index is 573. The number of aliphatic hydroxyl groups excluding tert-OH is 1. The Morgan fingerprint density at radius 2 is 1.96 bits per heavy atom. The van der Waals surface area contributed by atoms with Gasteiger partial charge in [-0.05, 0) is 50.0 Å². The molecular weight excluding hydrogens is 320 g/mol. The summed E-state index contributed by atoms with van der Waals surface area (Å²) in [5.41, 5.74) is 0.967. The molecule has 0 spiro atoms. The van der Waals surface area contributed by atoms with Crippen LogP contribution in [0.1, 0.15) is 40.0 Å². The number of non-ortho nitro benzene ring substituents is 1. The lowest BCUT2D eigenvalue weighted by Crippen LogP contribution is -2.36. The highest BCUT2D eigenvalue weighted by Gasteiger charge is 2.27. The third-order valence-electron chi connectivity index (χ3n) is 5.41. The van der Waals surface area contributed by atoms with Crippen molar-refractivity contribution in [2.75, 3.05) is 25.1 Å². The Kier molecular flexibility index (Phi) is 6.64. The minimum atomic E-state index is -0.402. The van der Waals surface area contributed by atoms with Crippen LogP contribution in [0.5, 0.6) is 5.75 Å². The number of rotatable bonds is 7. The van der Waals surface area contributed by atoms with Crippen molar-refractivity contribution in [3.8, 4) is 5.75 Å². The highest BCUT2D eigenvalue weighted by atomic mass is 16.6. The Morgan fingerprint density at radius 1 is 1.32 bits per heavy atom. The first kappa shape index (κ1) is 19.5. The summed E-state index contributed by atoms with van der Waals surface area (Å²) in [6.45, 7) is 8.05. The Labute approximate surface area is 149 Å². The molecule has 0 aromatic heterocycles. The maximum Gasteiger partial charge on any atom is 0.273 e. The SMILES string of the molecule is COc1cc([N+](=O)[O-])ccc1N1CCC(C[C@@H](C(C)C)C(C)O)CC1. The third-order valence-corrected chi connectivity index (χ3v) is 5.41. The molecule has 0 bridgehead atoms. The standard InChI is InChI=1S/C19H30N2O4/c1-13(2)17(14(3)22)11-15-7-9-20(10-8-15)18-6-5-16(21(23)24)12-19(18)25-4/h5-6,12-15,17,22H,7-11H2,1-4H3/t14?,17-/m0/s1. The monoisotopic (exact) mass is 350 g/mol. The van der Waals surface area contributed by atoms with Crippen molar-refractivity contribution in [3.63, 3.8) is 0 Å². The molecule has 1 aromatic carbocycles. The molecule has 1 unspecified atom stereocenters. The topological polar surface area (TPSA) is 75.8 Å². The zero-order valence-corrected chi connectivity index (χ0v) is 15.6. The maximum atomic E-state index is 10.9. The van der Waals surface area contributed by atoms with E-state index in [2.05, 4.69) is 18.7 Å². The molecule has 2 rings (SSSR count). The molecule has 6 heteroatoms. The lowest BCUT2D eigenvalue weighted by Gasteiger charge is -2.36. The molecule has 6 nitrogen and oxygen atoms in total. The van der Waals surface area contributed by atoms with Crippen LogP contribution in [0.2, 0.25) is 0 Å². The Balaban J connectivity index is 2.01. The smallest absolute Gasteiger partial charge is 0.273 e. The van der Waals surface area contributed by atoms with Crippen molar-refractivity contribution in [1.29, 1.82) is 0 Å². The van der Waals surface area contributed by atoms with E-state index in [4.69, 9.17) is 4.74 Å². The highest BCUT2D eigenvalue weighted by Crippen LogP contribution is 2.36. The van der Waals surface area contributed by atoms with E-state index in [0.717, 1.165) is 38.0 Å². The van der Waals surface area contributed by atoms with Gasteiger partial charge in [-0.15, -0.1) is 0 Å². The summed E-state index contributed by atoms with van der Waals surface area (Å²) in [5.74, 6) is 1.98. The van der Waals surface area contributed by atoms with Gasteiger partial charge in [-0.2, -0.15) is 0 Å². The summed E-state index contributed by atoms with van der Waals surface area (Å²) in [5, 5.41) is 20.9. The van der Waals surface area contributed by atoms with Gasteiger partial charge >= 0.3 is 0 Å². The van der Waals surface area contributed by atoms with E-state index in [0.29, 0.717) is 23.5 Å². The minimum absolute atomic E-state index is 0.0483. The van der Waals surface area contributed by atoms with Crippen molar-refractivity contribution in [2.24, 2.45) is 17.8 Å². The van der Waals surface area contributed by atoms with E-state index in [1.54, 1.807) is 13.2 Å². The van der Waals surface area contributed by atoms with E-state index in [9.17, 15) is 15.2 Å². The predicted octanol–water partition coefficient (Wildman–Crippen LogP) is 3.86. The third kappa shape index (κ3) is 4.84. The van der Waals surface area contributed by atoms with Crippen molar-refractivity contribution < 1.29 is 14.8 Å². The van der Waals surface area contributed by atoms with Crippen LogP contribution in [0.3, 0.4) is 0 Å². The van der Waals surface area contributed by atoms with Gasteiger partial charge in [0.15, 0.2) is 0 Å². The molecule has 1 heterocycles. The van der Waals surface area contributed by atoms with Crippen LogP contribution in [-0.2, 0) is 0 Å². The fourth-order valence-electron chi connectivity index (χ4n) is 3.86. The Hall–Kier alpha value is -1.82. The summed E-state index contributed by atoms with van der Waals surface area (Å²) in [4.78, 5) is 12.8. The number of methoxy groups -OCH3 is 1. The molecule has 1 aromatic rings. The van der Waals surface area contributed by atoms with Crippen LogP contribution in [0.15, 0.2) is 18.2 Å². The number of nitro benzene ring substituents is 1. The molecule has 0 aliphatic carbocycles. The largest absolute Gasteiger partial charge is 0.494 e. The van der Waals surface area contributed by atoms with Crippen molar-refractivity contribution >= 4 is 11.4 Å². The number of ether oxygens (including phenoxy) is 1. The molecule has 0 amide bonds. The van der Waals surface area contributed by atoms with Gasteiger partial charge in [0, 0.05) is 19.2 Å². The van der Waals surface area contributed by atoms with Crippen LogP contribution in [-0.4, -0.2) is 36.3 Å². The predicted molar refractivity (Wildman–Crippen MR) is 99.2 cm³/mol. The lowest BCUT2D eigenvalue weighted by molar-refractivity contribution is -0.384. The molecule has 25 heavy (non-hydrogen) atoms. The molecule has 1 N–H and O–H groups in total. The van der Waals surface area contributed by atoms with Crippen LogP contribution < -0.4 is 9.64 Å². The number of hydrogen-bond donors (Lipinski definition) is 1. The Morgan fingerprint density at radius 3 is 2.44 bits per heavy atom. The van der Waals surface area contributed by atoms with E-state index in [-0.39, 0.29) is 11.8 Å². The van der Waals surface area contributed by atoms with E-state index < -0.39 is 4.92 Å². The normalized spacial score (nSPS) is 18.2. The molecule has 140 valence electrons. The maximum absolute atomic E-state index is 10.9. The molecule has 1 aliphatic heterocycles. The van der Waals surface area contributed by atoms with Crippen LogP contribution in [0, 0.1) is 27.9 Å². The second-order valence-corrected chi connectivity index (χ2v) is 7.43. The first-order valence-corrected chi connectivity index (χ1v) is 9.09. The number of aliphatic hydroxyl groups is 1. The summed E-state index contributed by atoms with van der Waals surface area (Å²) in [7, 11) is 1.55. The number of anilines is 1. The van der Waals surface area contributed by atoms with E-state index in [1.165, 1.54) is 12.1 Å². The summed E-state index contributed by atoms with van der Waals surface area (Å²) >= 11 is 0. The highest BCUT2D eigenvalue weighted by molar-refractivity contribution is 5.62. The zero-order chi connectivity index (χ0) is 18.6. The second-order valence-electron chi connectivity index (χ2n) is 7.43. The lowest BCUT2D eigenvalue weighted by atomic mass is 9.79. The first-order valence-electron chi connectivity index (χ1n) is 9.09. The molecular formula is C19H30N2O4. The summed E-state index contributed by atoms with van der Waals surface area (Å²) in [6, 6.07) is 4.81. The summed E-state index contributed by atoms with van der Waals surface area (Å²) < 4.78 is 5.36. The average molecular weight is 350 g/mol. The van der Waals surface area contributed by atoms with Gasteiger partial charge in [0.2, 0.25) is 0 Å². The fourth-order valence-corrected chi connectivity index (χ4v) is 3.86. The first-order chi connectivity index (χ1) is 11.8. The van der Waals surface area contributed by atoms with Gasteiger partial charge in [0.25, 0.3) is 5.69 Å². The van der Waals surface area contributed by atoms with E-state index >= 15 is 0 Å². The molecule has 0 saturated carbocycles. The van der Waals surface area contributed by atoms with Gasteiger partial charge in [0.05, 0.1) is 29.9 Å². The molecule has 1 saturated heterocycles. The molecule has 1 aliphatic rings. The van der Waals surface area contributed by atoms with E-state index in [1.807, 2.05) is 6.92 Å². The minimum Gasteiger partial charge on any atom is -0.494 e. The van der Waals surface area contributed by atoms with Crippen molar-refractivity contribution in [1.82, 2.24) is 0 Å². The number of nitrogens with zero attached hydrogens (tertiary/aromatic N) is 2. The zero-order valence-electron chi connectivity index (χ0n) is 15.6. The number of hydrogen-bond acceptors (Lipinski definition) is 5. The van der Waals surface area contributed by atoms with Gasteiger partial charge in [0.1, 0.15) is 5.75 Å². The number of nitro groups is 1. The van der Waals surface area contributed by atoms with Crippen LogP contribution in [0.25, 0.3) is 0 Å². The summed E-state index contributed by atoms with van der Waals surface area (Å²) in [6.07, 6.45) is 2.92. The number of benzene rings is 1. The van der Waals surface area contributed by atoms with Crippen LogP contribution >= 0.6 is 0 Å². The average Bonchev–Trinajstić information content (AvgIpc) is 2.59. The molecule has 1 fully saturated rings. The second kappa shape index (κ2) is 8.52.